The number of nitrogens with zero attached hydrogens (tertiary/aromatic N) is 1. The third-order valence-corrected chi connectivity index (χ3v) is 9.06. The summed E-state index contributed by atoms with van der Waals surface area (Å²) >= 11 is 0. The number of unbranched alkanes of at least 4 members (excludes halogenated alkanes) is 16. The van der Waals surface area contributed by atoms with Gasteiger partial charge in [0.15, 0.2) is 0 Å². The van der Waals surface area contributed by atoms with E-state index in [1.165, 1.54) is 103 Å². The summed E-state index contributed by atoms with van der Waals surface area (Å²) in [7, 11) is 3.62. The van der Waals surface area contributed by atoms with Crippen LogP contribution in [-0.2, 0) is 9.13 Å². The lowest BCUT2D eigenvalue weighted by molar-refractivity contribution is -0.908. The van der Waals surface area contributed by atoms with Gasteiger partial charge in [0.25, 0.3) is 0 Å². The van der Waals surface area contributed by atoms with Gasteiger partial charge in [0.2, 0.25) is 5.28 Å². The van der Waals surface area contributed by atoms with Crippen molar-refractivity contribution in [1.29, 1.82) is 0 Å². The van der Waals surface area contributed by atoms with Gasteiger partial charge >= 0.3 is 7.68 Å². The molecule has 0 N–H and O–H groups in total. The van der Waals surface area contributed by atoms with Crippen LogP contribution >= 0.6 is 7.68 Å². The van der Waals surface area contributed by atoms with Crippen molar-refractivity contribution < 1.29 is 13.6 Å². The molecule has 0 bridgehead atoms. The molecule has 0 spiro atoms. The molecule has 0 saturated heterocycles. The molecule has 0 aliphatic carbocycles. The molecule has 4 heteroatoms. The fourth-order valence-corrected chi connectivity index (χ4v) is 5.90. The molecule has 0 rings (SSSR count). The van der Waals surface area contributed by atoms with Gasteiger partial charge in [-0.25, -0.2) is 9.13 Å². The highest BCUT2D eigenvalue weighted by Gasteiger charge is 2.46. The normalized spacial score (nSPS) is 14.2. The van der Waals surface area contributed by atoms with E-state index in [1.54, 1.807) is 0 Å². The third kappa shape index (κ3) is 14.7. The highest BCUT2D eigenvalue weighted by Crippen LogP contribution is 2.43. The molecule has 0 saturated carbocycles. The molecule has 0 radical (unpaired) electrons. The van der Waals surface area contributed by atoms with Gasteiger partial charge < -0.3 is 4.48 Å². The first-order valence-electron chi connectivity index (χ1n) is 13.9. The maximum Gasteiger partial charge on any atom is 0.378 e. The maximum absolute atomic E-state index is 11.9. The first kappa shape index (κ1) is 31.6. The van der Waals surface area contributed by atoms with Gasteiger partial charge in [-0.3, -0.25) is 0 Å². The van der Waals surface area contributed by atoms with E-state index in [1.807, 2.05) is 28.1 Å². The fourth-order valence-electron chi connectivity index (χ4n) is 4.81. The van der Waals surface area contributed by atoms with Crippen molar-refractivity contribution >= 4 is 7.68 Å². The van der Waals surface area contributed by atoms with Gasteiger partial charge in [-0.05, 0) is 32.1 Å². The van der Waals surface area contributed by atoms with Crippen LogP contribution in [0.3, 0.4) is 0 Å². The van der Waals surface area contributed by atoms with E-state index in [2.05, 4.69) is 19.1 Å². The molecule has 0 heterocycles. The lowest BCUT2D eigenvalue weighted by Gasteiger charge is -2.40. The van der Waals surface area contributed by atoms with Gasteiger partial charge in [0.05, 0.1) is 21.1 Å². The van der Waals surface area contributed by atoms with Gasteiger partial charge in [-0.1, -0.05) is 109 Å². The number of allylic oxidation sites excluding steroid dienone is 2. The average molecular weight is 471 g/mol. The Balaban J connectivity index is 3.54. The minimum atomic E-state index is -2.42. The second-order valence-electron chi connectivity index (χ2n) is 10.7. The van der Waals surface area contributed by atoms with Crippen molar-refractivity contribution in [1.82, 2.24) is 0 Å². The van der Waals surface area contributed by atoms with Crippen molar-refractivity contribution in [2.75, 3.05) is 21.1 Å². The predicted molar refractivity (Wildman–Crippen MR) is 142 cm³/mol. The summed E-state index contributed by atoms with van der Waals surface area (Å²) in [6.07, 6.45) is 30.1. The monoisotopic (exact) mass is 470 g/mol. The first-order valence-corrected chi connectivity index (χ1v) is 15.1. The molecule has 32 heavy (non-hydrogen) atoms. The second-order valence-corrected chi connectivity index (χ2v) is 12.1. The van der Waals surface area contributed by atoms with E-state index in [-0.39, 0.29) is 0 Å². The Morgan fingerprint density at radius 2 is 0.969 bits per heavy atom. The van der Waals surface area contributed by atoms with E-state index < -0.39 is 13.0 Å². The Morgan fingerprint density at radius 3 is 1.31 bits per heavy atom. The second kappa shape index (κ2) is 20.0. The minimum absolute atomic E-state index is 0.509. The van der Waals surface area contributed by atoms with Crippen molar-refractivity contribution in [2.24, 2.45) is 0 Å². The molecule has 0 aliphatic heterocycles. The summed E-state index contributed by atoms with van der Waals surface area (Å²) in [6, 6.07) is 0. The van der Waals surface area contributed by atoms with Crippen LogP contribution in [-0.4, -0.2) is 30.9 Å². The number of hydrogen-bond acceptors (Lipinski definition) is 2. The summed E-state index contributed by atoms with van der Waals surface area (Å²) < 4.78 is 24.4. The van der Waals surface area contributed by atoms with E-state index >= 15 is 0 Å². The van der Waals surface area contributed by atoms with Crippen LogP contribution in [0, 0.1) is 0 Å². The molecule has 0 aliphatic rings. The number of rotatable bonds is 23. The van der Waals surface area contributed by atoms with Crippen LogP contribution in [0.25, 0.3) is 0 Å². The minimum Gasteiger partial charge on any atom is -0.314 e. The first-order chi connectivity index (χ1) is 15.3. The van der Waals surface area contributed by atoms with Crippen LogP contribution < -0.4 is 0 Å². The Hall–Kier alpha value is -0.400. The number of quaternary nitrogens is 1. The molecule has 1 unspecified atom stereocenters. The van der Waals surface area contributed by atoms with Gasteiger partial charge in [0, 0.05) is 12.8 Å². The molecular formula is C28H57NO2P+. The topological polar surface area (TPSA) is 34.1 Å². The molecule has 0 aromatic rings. The zero-order chi connectivity index (χ0) is 24.1. The third-order valence-electron chi connectivity index (χ3n) is 7.24. The molecule has 0 aromatic heterocycles. The Morgan fingerprint density at radius 1 is 0.594 bits per heavy atom. The summed E-state index contributed by atoms with van der Waals surface area (Å²) in [5, 5.41) is -0.601. The summed E-state index contributed by atoms with van der Waals surface area (Å²) in [4.78, 5) is 0. The van der Waals surface area contributed by atoms with Crippen LogP contribution in [0.5, 0.6) is 0 Å². The number of hydrogen-bond donors (Lipinski definition) is 0. The van der Waals surface area contributed by atoms with Crippen LogP contribution in [0.2, 0.25) is 0 Å². The van der Waals surface area contributed by atoms with E-state index in [0.29, 0.717) is 10.9 Å². The summed E-state index contributed by atoms with van der Waals surface area (Å²) in [6.45, 7) is 4.30. The average Bonchev–Trinajstić information content (AvgIpc) is 2.74. The van der Waals surface area contributed by atoms with E-state index in [9.17, 15) is 9.13 Å². The fraction of sp³-hybridized carbons (Fsp3) is 0.929. The Kier molecular flexibility index (Phi) is 19.8. The maximum atomic E-state index is 11.9. The van der Waals surface area contributed by atoms with Crippen LogP contribution in [0.1, 0.15) is 142 Å². The standard InChI is InChI=1S/C28H57NO2P/c1-6-8-9-10-11-12-13-14-15-16-17-18-19-20-21-22-23-24-25-26-27-28(7-2,32(30)31)29(3,4)5/h17-18H,6-16,19-27H2,1-5H3/q+1. The van der Waals surface area contributed by atoms with Crippen molar-refractivity contribution in [3.05, 3.63) is 12.2 Å². The lowest BCUT2D eigenvalue weighted by atomic mass is 10.0. The van der Waals surface area contributed by atoms with Crippen molar-refractivity contribution in [3.8, 4) is 0 Å². The zero-order valence-corrected chi connectivity index (χ0v) is 23.4. The highest BCUT2D eigenvalue weighted by atomic mass is 31.1. The largest absolute Gasteiger partial charge is 0.378 e. The van der Waals surface area contributed by atoms with E-state index in [4.69, 9.17) is 0 Å². The quantitative estimate of drug-likeness (QED) is 0.0644. The van der Waals surface area contributed by atoms with Crippen molar-refractivity contribution in [3.63, 3.8) is 0 Å². The Labute approximate surface area is 202 Å². The molecular weight excluding hydrogens is 413 g/mol. The molecule has 1 atom stereocenters. The van der Waals surface area contributed by atoms with Crippen LogP contribution in [0.15, 0.2) is 12.2 Å². The SMILES string of the molecule is CCCCCCCCCCCC=CCCCCCCCCCC(CC)(P(=O)=O)[N+](C)(C)C. The molecule has 0 aromatic carbocycles. The summed E-state index contributed by atoms with van der Waals surface area (Å²) in [5.41, 5.74) is 0. The van der Waals surface area contributed by atoms with Gasteiger partial charge in [0.1, 0.15) is 0 Å². The smallest absolute Gasteiger partial charge is 0.314 e. The molecule has 0 amide bonds. The summed E-state index contributed by atoms with van der Waals surface area (Å²) in [5.74, 6) is 0. The van der Waals surface area contributed by atoms with Crippen LogP contribution in [0.4, 0.5) is 0 Å². The van der Waals surface area contributed by atoms with Crippen molar-refractivity contribution in [2.45, 2.75) is 148 Å². The predicted octanol–water partition coefficient (Wildman–Crippen LogP) is 9.96. The molecule has 190 valence electrons. The molecule has 0 fully saturated rings. The zero-order valence-electron chi connectivity index (χ0n) is 22.5. The Bertz CT molecular complexity index is 514. The lowest BCUT2D eigenvalue weighted by Crippen LogP contribution is -2.53. The van der Waals surface area contributed by atoms with Gasteiger partial charge in [-0.15, -0.1) is 0 Å². The van der Waals surface area contributed by atoms with E-state index in [0.717, 1.165) is 19.3 Å². The molecule has 3 nitrogen and oxygen atoms in total. The highest BCUT2D eigenvalue weighted by molar-refractivity contribution is 7.32. The van der Waals surface area contributed by atoms with Gasteiger partial charge in [-0.2, -0.15) is 0 Å².